The van der Waals surface area contributed by atoms with Crippen LogP contribution in [-0.4, -0.2) is 70.4 Å². The summed E-state index contributed by atoms with van der Waals surface area (Å²) in [7, 11) is 7.68. The van der Waals surface area contributed by atoms with Crippen LogP contribution in [0, 0.1) is 22.7 Å². The Balaban J connectivity index is 4.46. The van der Waals surface area contributed by atoms with Gasteiger partial charge in [-0.2, -0.15) is 20.8 Å². The Morgan fingerprint density at radius 1 is 0.700 bits per heavy atom. The van der Waals surface area contributed by atoms with Crippen LogP contribution in [-0.2, 0) is 18.9 Å². The first kappa shape index (κ1) is 28.9. The average molecular weight is 453 g/mol. The minimum absolute atomic E-state index is 0.154. The van der Waals surface area contributed by atoms with Gasteiger partial charge in [0.2, 0.25) is 0 Å². The lowest BCUT2D eigenvalue weighted by Crippen LogP contribution is -2.24. The molecule has 2 atom stereocenters. The van der Waals surface area contributed by atoms with Gasteiger partial charge in [0.15, 0.2) is 11.1 Å². The molecule has 0 aliphatic rings. The van der Waals surface area contributed by atoms with Gasteiger partial charge in [-0.15, -0.1) is 0 Å². The molecule has 0 aliphatic heterocycles. The van der Waals surface area contributed by atoms with Gasteiger partial charge < -0.3 is 18.9 Å². The molecule has 30 heavy (non-hydrogen) atoms. The Morgan fingerprint density at radius 3 is 1.30 bits per heavy atom. The van der Waals surface area contributed by atoms with Gasteiger partial charge in [0.05, 0.1) is 12.1 Å². The maximum atomic E-state index is 9.57. The second-order valence-electron chi connectivity index (χ2n) is 7.40. The normalized spacial score (nSPS) is 15.8. The standard InChI is InChI=1S/C20H36N4O4Si2/c1-19(15-21,11-7-9-13-29-17(25-3)26-4)23-24-20(2,16-22)12-8-10-14-30-18(27-5)28-6/h17-18H,7-14H2,1-6H3. The summed E-state index contributed by atoms with van der Waals surface area (Å²) in [6.45, 7) is 3.56. The summed E-state index contributed by atoms with van der Waals surface area (Å²) < 4.78 is 20.8. The molecule has 10 heteroatoms. The molecular weight excluding hydrogens is 416 g/mol. The third-order valence-corrected chi connectivity index (χ3v) is 7.53. The average Bonchev–Trinajstić information content (AvgIpc) is 2.77. The van der Waals surface area contributed by atoms with Crippen molar-refractivity contribution in [3.8, 4) is 12.1 Å². The molecule has 0 aromatic heterocycles. The van der Waals surface area contributed by atoms with Crippen molar-refractivity contribution in [1.29, 1.82) is 10.5 Å². The number of hydrogen-bond acceptors (Lipinski definition) is 8. The second-order valence-corrected chi connectivity index (χ2v) is 10.2. The van der Waals surface area contributed by atoms with Crippen molar-refractivity contribution in [3.63, 3.8) is 0 Å². The zero-order valence-corrected chi connectivity index (χ0v) is 21.2. The number of unbranched alkanes of at least 4 members (excludes halogenated alkanes) is 2. The predicted octanol–water partition coefficient (Wildman–Crippen LogP) is 3.74. The molecular formula is C20H36N4O4Si2. The second kappa shape index (κ2) is 16.5. The van der Waals surface area contributed by atoms with E-state index in [1.807, 2.05) is 0 Å². The number of methoxy groups -OCH3 is 4. The molecule has 0 rings (SSSR count). The quantitative estimate of drug-likeness (QED) is 0.136. The summed E-state index contributed by atoms with van der Waals surface area (Å²) in [6, 6.07) is 6.47. The third-order valence-electron chi connectivity index (χ3n) is 4.63. The van der Waals surface area contributed by atoms with Crippen molar-refractivity contribution < 1.29 is 18.9 Å². The Kier molecular flexibility index (Phi) is 15.9. The van der Waals surface area contributed by atoms with Gasteiger partial charge in [-0.05, 0) is 26.7 Å². The SMILES string of the molecule is COC(OC)[Si]CCCCC(C)(C#N)N=NC(C)(C#N)CCCC[Si]C(OC)OC. The summed E-state index contributed by atoms with van der Waals surface area (Å²) >= 11 is 0. The van der Waals surface area contributed by atoms with Crippen LogP contribution in [0.3, 0.4) is 0 Å². The predicted molar refractivity (Wildman–Crippen MR) is 117 cm³/mol. The van der Waals surface area contributed by atoms with Crippen LogP contribution >= 0.6 is 0 Å². The topological polar surface area (TPSA) is 109 Å². The van der Waals surface area contributed by atoms with Gasteiger partial charge in [0.1, 0.15) is 30.9 Å². The minimum atomic E-state index is -0.908. The Bertz CT molecular complexity index is 514. The number of ether oxygens (including phenoxy) is 4. The van der Waals surface area contributed by atoms with Crippen molar-refractivity contribution in [1.82, 2.24) is 0 Å². The molecule has 0 aromatic carbocycles. The molecule has 168 valence electrons. The van der Waals surface area contributed by atoms with Crippen molar-refractivity contribution in [2.24, 2.45) is 10.2 Å². The number of rotatable bonds is 18. The maximum absolute atomic E-state index is 9.57. The van der Waals surface area contributed by atoms with E-state index in [4.69, 9.17) is 18.9 Å². The highest BCUT2D eigenvalue weighted by Gasteiger charge is 2.28. The van der Waals surface area contributed by atoms with Crippen LogP contribution in [0.15, 0.2) is 10.2 Å². The molecule has 0 saturated carbocycles. The monoisotopic (exact) mass is 452 g/mol. The molecule has 2 unspecified atom stereocenters. The van der Waals surface area contributed by atoms with Crippen LogP contribution in [0.1, 0.15) is 52.4 Å². The Labute approximate surface area is 187 Å². The van der Waals surface area contributed by atoms with Crippen molar-refractivity contribution >= 4 is 19.0 Å². The van der Waals surface area contributed by atoms with Crippen LogP contribution in [0.5, 0.6) is 0 Å². The van der Waals surface area contributed by atoms with Crippen LogP contribution in [0.25, 0.3) is 0 Å². The molecule has 0 heterocycles. The van der Waals surface area contributed by atoms with Gasteiger partial charge in [0, 0.05) is 28.4 Å². The van der Waals surface area contributed by atoms with Gasteiger partial charge >= 0.3 is 0 Å². The molecule has 0 saturated heterocycles. The highest BCUT2D eigenvalue weighted by atomic mass is 28.2. The molecule has 8 nitrogen and oxygen atoms in total. The van der Waals surface area contributed by atoms with Gasteiger partial charge in [-0.1, -0.05) is 37.8 Å². The molecule has 0 bridgehead atoms. The lowest BCUT2D eigenvalue weighted by molar-refractivity contribution is -0.0442. The van der Waals surface area contributed by atoms with Gasteiger partial charge in [-0.3, -0.25) is 0 Å². The van der Waals surface area contributed by atoms with Crippen molar-refractivity contribution in [3.05, 3.63) is 0 Å². The first-order valence-electron chi connectivity index (χ1n) is 10.2. The number of nitriles is 2. The van der Waals surface area contributed by atoms with E-state index in [-0.39, 0.29) is 11.8 Å². The van der Waals surface area contributed by atoms with E-state index in [1.165, 1.54) is 0 Å². The molecule has 0 N–H and O–H groups in total. The Morgan fingerprint density at radius 2 is 1.03 bits per heavy atom. The first-order chi connectivity index (χ1) is 14.3. The van der Waals surface area contributed by atoms with Gasteiger partial charge in [0.25, 0.3) is 0 Å². The largest absolute Gasteiger partial charge is 0.360 e. The molecule has 0 amide bonds. The minimum Gasteiger partial charge on any atom is -0.360 e. The van der Waals surface area contributed by atoms with Gasteiger partial charge in [-0.25, -0.2) is 0 Å². The first-order valence-corrected chi connectivity index (χ1v) is 12.7. The van der Waals surface area contributed by atoms with E-state index in [0.29, 0.717) is 31.9 Å². The molecule has 0 spiro atoms. The summed E-state index contributed by atoms with van der Waals surface area (Å²) in [4.78, 5) is 0. The fourth-order valence-corrected chi connectivity index (χ4v) is 4.68. The zero-order chi connectivity index (χ0) is 22.9. The van der Waals surface area contributed by atoms with Crippen LogP contribution < -0.4 is 0 Å². The lowest BCUT2D eigenvalue weighted by atomic mass is 9.96. The molecule has 0 fully saturated rings. The van der Waals surface area contributed by atoms with E-state index >= 15 is 0 Å². The van der Waals surface area contributed by atoms with E-state index in [2.05, 4.69) is 22.4 Å². The number of nitrogens with zero attached hydrogens (tertiary/aromatic N) is 4. The number of azo groups is 1. The van der Waals surface area contributed by atoms with Crippen LogP contribution in [0.2, 0.25) is 12.1 Å². The van der Waals surface area contributed by atoms with E-state index < -0.39 is 11.1 Å². The molecule has 4 radical (unpaired) electrons. The van der Waals surface area contributed by atoms with E-state index in [1.54, 1.807) is 42.3 Å². The third kappa shape index (κ3) is 12.5. The summed E-state index contributed by atoms with van der Waals surface area (Å²) in [5, 5.41) is 27.7. The maximum Gasteiger partial charge on any atom is 0.164 e. The summed E-state index contributed by atoms with van der Waals surface area (Å²) in [5.41, 5.74) is -1.82. The van der Waals surface area contributed by atoms with E-state index in [0.717, 1.165) is 37.8 Å². The zero-order valence-electron chi connectivity index (χ0n) is 19.2. The van der Waals surface area contributed by atoms with Crippen molar-refractivity contribution in [2.75, 3.05) is 28.4 Å². The van der Waals surface area contributed by atoms with Crippen LogP contribution in [0.4, 0.5) is 0 Å². The highest BCUT2D eigenvalue weighted by molar-refractivity contribution is 6.36. The molecule has 0 aliphatic carbocycles. The summed E-state index contributed by atoms with van der Waals surface area (Å²) in [6.07, 6.45) is 4.88. The summed E-state index contributed by atoms with van der Waals surface area (Å²) in [5.74, 6) is -0.308. The Hall–Kier alpha value is -1.15. The molecule has 0 aromatic rings. The number of hydrogen-bond donors (Lipinski definition) is 0. The van der Waals surface area contributed by atoms with Crippen molar-refractivity contribution in [2.45, 2.75) is 87.4 Å². The lowest BCUT2D eigenvalue weighted by Gasteiger charge is -2.20. The van der Waals surface area contributed by atoms with E-state index in [9.17, 15) is 10.5 Å². The smallest absolute Gasteiger partial charge is 0.164 e. The highest BCUT2D eigenvalue weighted by Crippen LogP contribution is 2.25. The fraction of sp³-hybridized carbons (Fsp3) is 0.900. The fourth-order valence-electron chi connectivity index (χ4n) is 2.63.